The Hall–Kier alpha value is -5.71. The van der Waals surface area contributed by atoms with Crippen LogP contribution in [-0.2, 0) is 33.5 Å². The second-order valence-electron chi connectivity index (χ2n) is 10.3. The number of nitriles is 1. The number of pyridine rings is 1. The highest BCUT2D eigenvalue weighted by molar-refractivity contribution is 5.93. The van der Waals surface area contributed by atoms with Gasteiger partial charge in [0.2, 0.25) is 5.95 Å². The Morgan fingerprint density at radius 1 is 1.20 bits per heavy atom. The molecule has 5 rings (SSSR count). The summed E-state index contributed by atoms with van der Waals surface area (Å²) in [6.07, 6.45) is 0.560. The summed E-state index contributed by atoms with van der Waals surface area (Å²) in [5, 5.41) is 24.4. The van der Waals surface area contributed by atoms with Crippen LogP contribution in [-0.4, -0.2) is 34.3 Å². The van der Waals surface area contributed by atoms with E-state index < -0.39 is 35.9 Å². The summed E-state index contributed by atoms with van der Waals surface area (Å²) in [5.41, 5.74) is 1.60. The number of carbonyl (C=O) groups excluding carboxylic acids is 2. The van der Waals surface area contributed by atoms with Gasteiger partial charge in [0.05, 0.1) is 29.9 Å². The predicted molar refractivity (Wildman–Crippen MR) is 156 cm³/mol. The number of ether oxygens (including phenoxy) is 1. The third-order valence-corrected chi connectivity index (χ3v) is 7.41. The van der Waals surface area contributed by atoms with Crippen molar-refractivity contribution in [3.05, 3.63) is 117 Å². The number of allylic oxidation sites excluding steroid dienone is 1. The lowest BCUT2D eigenvalue weighted by molar-refractivity contribution is -0.697. The Balaban J connectivity index is 0.00000154. The normalized spacial score (nSPS) is 14.1. The van der Waals surface area contributed by atoms with Crippen molar-refractivity contribution in [1.82, 2.24) is 14.8 Å². The number of carboxylic acid groups (broad SMARTS) is 1. The molecule has 4 aromatic rings. The van der Waals surface area contributed by atoms with Crippen LogP contribution < -0.4 is 20.3 Å². The number of hydrogen-bond donors (Lipinski definition) is 1. The second-order valence-corrected chi connectivity index (χ2v) is 10.3. The van der Waals surface area contributed by atoms with Crippen molar-refractivity contribution >= 4 is 24.1 Å². The molecule has 0 radical (unpaired) electrons. The molecule has 0 aliphatic carbocycles. The van der Waals surface area contributed by atoms with Crippen LogP contribution in [0.2, 0.25) is 0 Å². The van der Waals surface area contributed by atoms with Gasteiger partial charge in [-0.05, 0) is 67.8 Å². The highest BCUT2D eigenvalue weighted by Gasteiger charge is 2.41. The van der Waals surface area contributed by atoms with Crippen molar-refractivity contribution < 1.29 is 37.2 Å². The minimum Gasteiger partial charge on any atom is -0.554 e. The molecular weight excluding hydrogens is 605 g/mol. The van der Waals surface area contributed by atoms with Crippen LogP contribution in [0.25, 0.3) is 0 Å². The number of nitrogens with one attached hydrogen (secondary N) is 1. The molecule has 2 aromatic heterocycles. The minimum atomic E-state index is -4.61. The Morgan fingerprint density at radius 2 is 1.93 bits per heavy atom. The maximum atomic E-state index is 13.6. The molecule has 14 heteroatoms. The number of H-pyrrole nitrogens is 1. The minimum absolute atomic E-state index is 0.00473. The fraction of sp³-hybridized carbons (Fsp3) is 0.250. The summed E-state index contributed by atoms with van der Waals surface area (Å²) in [6.45, 7) is 3.75. The van der Waals surface area contributed by atoms with E-state index in [0.29, 0.717) is 30.5 Å². The number of fused-ring (bicyclic) bond motifs is 1. The molecular formula is C32H29F3N6O5. The molecule has 238 valence electrons. The number of hydrogen-bond acceptors (Lipinski definition) is 8. The predicted octanol–water partition coefficient (Wildman–Crippen LogP) is 3.24. The molecule has 1 N–H and O–H groups in total. The summed E-state index contributed by atoms with van der Waals surface area (Å²) < 4.78 is 49.2. The maximum Gasteiger partial charge on any atom is 0.416 e. The van der Waals surface area contributed by atoms with E-state index in [2.05, 4.69) is 20.8 Å². The number of methoxy groups -OCH3 is 1. The maximum absolute atomic E-state index is 13.6. The molecule has 46 heavy (non-hydrogen) atoms. The van der Waals surface area contributed by atoms with Crippen molar-refractivity contribution in [2.75, 3.05) is 12.0 Å². The molecule has 0 fully saturated rings. The number of halogens is 3. The second kappa shape index (κ2) is 13.9. The number of aromatic nitrogens is 4. The van der Waals surface area contributed by atoms with E-state index in [1.165, 1.54) is 28.7 Å². The largest absolute Gasteiger partial charge is 0.554 e. The molecule has 0 saturated heterocycles. The molecule has 0 amide bonds. The molecule has 3 heterocycles. The Morgan fingerprint density at radius 3 is 2.59 bits per heavy atom. The van der Waals surface area contributed by atoms with E-state index in [1.54, 1.807) is 25.1 Å². The van der Waals surface area contributed by atoms with E-state index in [0.717, 1.165) is 23.3 Å². The van der Waals surface area contributed by atoms with E-state index >= 15 is 0 Å². The summed E-state index contributed by atoms with van der Waals surface area (Å²) in [6, 6.07) is 14.6. The number of aromatic amines is 1. The zero-order valence-corrected chi connectivity index (χ0v) is 25.0. The van der Waals surface area contributed by atoms with Crippen LogP contribution in [0, 0.1) is 18.3 Å². The fourth-order valence-electron chi connectivity index (χ4n) is 5.48. The van der Waals surface area contributed by atoms with Gasteiger partial charge in [-0.2, -0.15) is 18.4 Å². The van der Waals surface area contributed by atoms with Crippen molar-refractivity contribution in [2.24, 2.45) is 0 Å². The van der Waals surface area contributed by atoms with Crippen LogP contribution in [0.5, 0.6) is 0 Å². The van der Waals surface area contributed by atoms with Crippen LogP contribution in [0.4, 0.5) is 24.8 Å². The summed E-state index contributed by atoms with van der Waals surface area (Å²) in [4.78, 5) is 36.2. The van der Waals surface area contributed by atoms with Gasteiger partial charge in [0.1, 0.15) is 12.6 Å². The van der Waals surface area contributed by atoms with Crippen LogP contribution in [0.3, 0.4) is 0 Å². The SMILES string of the molecule is COC(=O)C1=C(C)N(c2cccc(C(F)(F)F)c2)c2n[nH]c(=O)n2C1c1ccc(C#N)cc1CCC[n+]1cccc(C)c1.O=C[O-]. The van der Waals surface area contributed by atoms with Gasteiger partial charge in [-0.1, -0.05) is 12.1 Å². The van der Waals surface area contributed by atoms with Gasteiger partial charge in [0.25, 0.3) is 0 Å². The van der Waals surface area contributed by atoms with Gasteiger partial charge >= 0.3 is 17.8 Å². The fourth-order valence-corrected chi connectivity index (χ4v) is 5.48. The quantitative estimate of drug-likeness (QED) is 0.185. The van der Waals surface area contributed by atoms with Crippen molar-refractivity contribution in [1.29, 1.82) is 5.26 Å². The lowest BCUT2D eigenvalue weighted by Crippen LogP contribution is -2.38. The lowest BCUT2D eigenvalue weighted by Gasteiger charge is -2.36. The zero-order valence-electron chi connectivity index (χ0n) is 25.0. The molecule has 1 atom stereocenters. The first-order valence-corrected chi connectivity index (χ1v) is 13.9. The van der Waals surface area contributed by atoms with Gasteiger partial charge in [0.15, 0.2) is 12.4 Å². The highest BCUT2D eigenvalue weighted by Crippen LogP contribution is 2.43. The van der Waals surface area contributed by atoms with Crippen LogP contribution >= 0.6 is 0 Å². The summed E-state index contributed by atoms with van der Waals surface area (Å²) in [5.74, 6) is -0.756. The van der Waals surface area contributed by atoms with Crippen molar-refractivity contribution in [2.45, 2.75) is 45.5 Å². The van der Waals surface area contributed by atoms with Crippen molar-refractivity contribution in [3.8, 4) is 6.07 Å². The topological polar surface area (TPSA) is 148 Å². The van der Waals surface area contributed by atoms with E-state index in [1.807, 2.05) is 31.5 Å². The average Bonchev–Trinajstić information content (AvgIpc) is 3.40. The summed E-state index contributed by atoms with van der Waals surface area (Å²) >= 11 is 0. The van der Waals surface area contributed by atoms with Gasteiger partial charge in [0, 0.05) is 35.9 Å². The molecule has 1 aliphatic heterocycles. The third-order valence-electron chi connectivity index (χ3n) is 7.41. The molecule has 1 aliphatic rings. The first-order chi connectivity index (χ1) is 21.9. The molecule has 0 saturated carbocycles. The number of benzene rings is 2. The number of nitrogens with zero attached hydrogens (tertiary/aromatic N) is 5. The lowest BCUT2D eigenvalue weighted by atomic mass is 9.88. The zero-order chi connectivity index (χ0) is 33.6. The van der Waals surface area contributed by atoms with Gasteiger partial charge in [-0.15, -0.1) is 5.10 Å². The van der Waals surface area contributed by atoms with Gasteiger partial charge < -0.3 is 14.6 Å². The molecule has 0 bridgehead atoms. The average molecular weight is 635 g/mol. The Labute approximate surface area is 261 Å². The van der Waals surface area contributed by atoms with Crippen molar-refractivity contribution in [3.63, 3.8) is 0 Å². The number of carbonyl (C=O) groups is 2. The van der Waals surface area contributed by atoms with E-state index in [-0.39, 0.29) is 22.9 Å². The number of aryl methyl sites for hydroxylation is 3. The molecule has 0 spiro atoms. The first-order valence-electron chi connectivity index (χ1n) is 13.9. The van der Waals surface area contributed by atoms with Crippen LogP contribution in [0.15, 0.2) is 83.1 Å². The highest BCUT2D eigenvalue weighted by atomic mass is 19.4. The standard InChI is InChI=1S/C31H27F3N6O3.CH2O2/c1-19-7-5-13-38(18-19)14-6-8-22-15-21(17-35)11-12-25(22)27-26(28(41)43-3)20(2)39(29-36-37-30(42)40(27)29)24-10-4-9-23(16-24)31(32,33)34;2-1-3/h4-5,7,9-13,15-16,18,27H,6,8,14H2,1-3H3;1H,(H,2,3). The molecule has 1 unspecified atom stereocenters. The summed E-state index contributed by atoms with van der Waals surface area (Å²) in [7, 11) is 1.20. The third kappa shape index (κ3) is 6.83. The van der Waals surface area contributed by atoms with Gasteiger partial charge in [-0.3, -0.25) is 4.90 Å². The Kier molecular flexibility index (Phi) is 10.1. The van der Waals surface area contributed by atoms with Gasteiger partial charge in [-0.25, -0.2) is 23.8 Å². The monoisotopic (exact) mass is 634 g/mol. The number of rotatable bonds is 7. The van der Waals surface area contributed by atoms with Crippen LogP contribution in [0.1, 0.15) is 47.2 Å². The smallest absolute Gasteiger partial charge is 0.416 e. The molecule has 2 aromatic carbocycles. The number of esters is 1. The van der Waals surface area contributed by atoms with E-state index in [4.69, 9.17) is 14.6 Å². The molecule has 11 nitrogen and oxygen atoms in total. The number of anilines is 2. The number of alkyl halides is 3. The Bertz CT molecular complexity index is 1890. The first kappa shape index (κ1) is 33.2. The van der Waals surface area contributed by atoms with E-state index in [9.17, 15) is 28.0 Å².